The van der Waals surface area contributed by atoms with Crippen molar-refractivity contribution in [1.82, 2.24) is 0 Å². The zero-order valence-corrected chi connectivity index (χ0v) is 11.4. The molecule has 0 amide bonds. The van der Waals surface area contributed by atoms with E-state index in [0.29, 0.717) is 29.2 Å². The van der Waals surface area contributed by atoms with Crippen LogP contribution in [-0.2, 0) is 4.79 Å². The number of carbonyl (C=O) groups is 1. The number of halogens is 1. The Hall–Kier alpha value is -1.26. The highest BCUT2D eigenvalue weighted by atomic mass is 35.5. The van der Waals surface area contributed by atoms with Crippen LogP contribution in [0, 0.1) is 11.8 Å². The lowest BCUT2D eigenvalue weighted by molar-refractivity contribution is -0.144. The number of methoxy groups -OCH3 is 1. The van der Waals surface area contributed by atoms with Gasteiger partial charge < -0.3 is 14.9 Å². The van der Waals surface area contributed by atoms with Crippen LogP contribution in [-0.4, -0.2) is 23.3 Å². The molecule has 0 aliphatic heterocycles. The Kier molecular flexibility index (Phi) is 4.32. The van der Waals surface area contributed by atoms with Gasteiger partial charge in [-0.15, -0.1) is 0 Å². The van der Waals surface area contributed by atoms with Gasteiger partial charge in [0.1, 0.15) is 5.75 Å². The van der Waals surface area contributed by atoms with E-state index in [0.717, 1.165) is 6.42 Å². The Morgan fingerprint density at radius 2 is 2.21 bits per heavy atom. The molecular formula is C14H17ClO4. The molecule has 4 nitrogen and oxygen atoms in total. The van der Waals surface area contributed by atoms with Crippen molar-refractivity contribution < 1.29 is 19.7 Å². The third-order valence-electron chi connectivity index (χ3n) is 3.82. The molecular weight excluding hydrogens is 268 g/mol. The summed E-state index contributed by atoms with van der Waals surface area (Å²) in [5.41, 5.74) is 0.570. The van der Waals surface area contributed by atoms with Crippen molar-refractivity contribution in [3.05, 3.63) is 28.8 Å². The average molecular weight is 285 g/mol. The maximum atomic E-state index is 11.2. The molecule has 0 radical (unpaired) electrons. The molecule has 1 fully saturated rings. The number of aliphatic hydroxyl groups excluding tert-OH is 1. The van der Waals surface area contributed by atoms with E-state index in [2.05, 4.69) is 0 Å². The van der Waals surface area contributed by atoms with Gasteiger partial charge in [-0.1, -0.05) is 24.1 Å². The SMILES string of the molecule is COc1ccc(C(O)C2CCCC2C(=O)O)c(Cl)c1. The molecule has 0 bridgehead atoms. The Morgan fingerprint density at radius 1 is 1.47 bits per heavy atom. The topological polar surface area (TPSA) is 66.8 Å². The molecule has 5 heteroatoms. The van der Waals surface area contributed by atoms with Crippen LogP contribution in [0.15, 0.2) is 18.2 Å². The Morgan fingerprint density at radius 3 is 2.79 bits per heavy atom. The van der Waals surface area contributed by atoms with E-state index in [1.54, 1.807) is 25.3 Å². The molecule has 0 aromatic heterocycles. The van der Waals surface area contributed by atoms with Crippen LogP contribution in [0.4, 0.5) is 0 Å². The number of benzene rings is 1. The molecule has 0 saturated heterocycles. The third kappa shape index (κ3) is 2.85. The maximum absolute atomic E-state index is 11.2. The summed E-state index contributed by atoms with van der Waals surface area (Å²) in [7, 11) is 1.54. The highest BCUT2D eigenvalue weighted by Crippen LogP contribution is 2.42. The van der Waals surface area contributed by atoms with Crippen LogP contribution >= 0.6 is 11.6 Å². The average Bonchev–Trinajstić information content (AvgIpc) is 2.87. The van der Waals surface area contributed by atoms with Crippen LogP contribution in [0.25, 0.3) is 0 Å². The normalized spacial score (nSPS) is 24.2. The van der Waals surface area contributed by atoms with E-state index in [4.69, 9.17) is 21.4 Å². The minimum absolute atomic E-state index is 0.275. The van der Waals surface area contributed by atoms with Crippen molar-refractivity contribution in [3.63, 3.8) is 0 Å². The first-order valence-corrected chi connectivity index (χ1v) is 6.66. The van der Waals surface area contributed by atoms with Crippen LogP contribution in [0.5, 0.6) is 5.75 Å². The smallest absolute Gasteiger partial charge is 0.306 e. The minimum Gasteiger partial charge on any atom is -0.497 e. The van der Waals surface area contributed by atoms with Gasteiger partial charge in [-0.05, 0) is 30.5 Å². The van der Waals surface area contributed by atoms with Crippen molar-refractivity contribution in [2.75, 3.05) is 7.11 Å². The Labute approximate surface area is 117 Å². The van der Waals surface area contributed by atoms with Gasteiger partial charge in [0.15, 0.2) is 0 Å². The molecule has 0 spiro atoms. The number of hydrogen-bond acceptors (Lipinski definition) is 3. The van der Waals surface area contributed by atoms with E-state index in [9.17, 15) is 9.90 Å². The summed E-state index contributed by atoms with van der Waals surface area (Å²) in [6.07, 6.45) is 1.31. The Balaban J connectivity index is 2.23. The van der Waals surface area contributed by atoms with Crippen LogP contribution in [0.3, 0.4) is 0 Å². The van der Waals surface area contributed by atoms with E-state index in [1.165, 1.54) is 0 Å². The second-order valence-corrected chi connectivity index (χ2v) is 5.28. The summed E-state index contributed by atoms with van der Waals surface area (Å²) in [6.45, 7) is 0. The summed E-state index contributed by atoms with van der Waals surface area (Å²) in [4.78, 5) is 11.2. The van der Waals surface area contributed by atoms with Crippen molar-refractivity contribution >= 4 is 17.6 Å². The van der Waals surface area contributed by atoms with E-state index >= 15 is 0 Å². The molecule has 1 aliphatic rings. The van der Waals surface area contributed by atoms with Gasteiger partial charge in [0, 0.05) is 5.92 Å². The fourth-order valence-corrected chi connectivity index (χ4v) is 3.06. The largest absolute Gasteiger partial charge is 0.497 e. The molecule has 1 saturated carbocycles. The first-order chi connectivity index (χ1) is 9.04. The van der Waals surface area contributed by atoms with Crippen molar-refractivity contribution in [2.24, 2.45) is 11.8 Å². The molecule has 104 valence electrons. The lowest BCUT2D eigenvalue weighted by Gasteiger charge is -2.23. The van der Waals surface area contributed by atoms with Crippen molar-refractivity contribution in [3.8, 4) is 5.75 Å². The highest BCUT2D eigenvalue weighted by Gasteiger charge is 2.38. The number of ether oxygens (including phenoxy) is 1. The minimum atomic E-state index is -0.845. The van der Waals surface area contributed by atoms with Gasteiger partial charge in [-0.25, -0.2) is 0 Å². The lowest BCUT2D eigenvalue weighted by Crippen LogP contribution is -2.24. The van der Waals surface area contributed by atoms with Gasteiger partial charge >= 0.3 is 5.97 Å². The first-order valence-electron chi connectivity index (χ1n) is 6.29. The fraction of sp³-hybridized carbons (Fsp3) is 0.500. The van der Waals surface area contributed by atoms with Gasteiger partial charge in [-0.3, -0.25) is 4.79 Å². The van der Waals surface area contributed by atoms with Gasteiger partial charge in [-0.2, -0.15) is 0 Å². The Bertz CT molecular complexity index is 475. The molecule has 1 aromatic rings. The van der Waals surface area contributed by atoms with Crippen molar-refractivity contribution in [1.29, 1.82) is 0 Å². The number of carboxylic acid groups (broad SMARTS) is 1. The first kappa shape index (κ1) is 14.2. The molecule has 19 heavy (non-hydrogen) atoms. The molecule has 3 atom stereocenters. The summed E-state index contributed by atoms with van der Waals surface area (Å²) in [5.74, 6) is -0.995. The fourth-order valence-electron chi connectivity index (χ4n) is 2.78. The van der Waals surface area contributed by atoms with Crippen LogP contribution in [0.1, 0.15) is 30.9 Å². The third-order valence-corrected chi connectivity index (χ3v) is 4.15. The number of hydrogen-bond donors (Lipinski definition) is 2. The molecule has 3 unspecified atom stereocenters. The zero-order valence-electron chi connectivity index (χ0n) is 10.7. The standard InChI is InChI=1S/C14H17ClO4/c1-19-8-5-6-11(12(15)7-8)13(16)9-3-2-4-10(9)14(17)18/h5-7,9-10,13,16H,2-4H2,1H3,(H,17,18). The lowest BCUT2D eigenvalue weighted by atomic mass is 9.87. The zero-order chi connectivity index (χ0) is 14.0. The van der Waals surface area contributed by atoms with E-state index in [1.807, 2.05) is 0 Å². The van der Waals surface area contributed by atoms with Crippen molar-refractivity contribution in [2.45, 2.75) is 25.4 Å². The molecule has 2 rings (SSSR count). The summed E-state index contributed by atoms with van der Waals surface area (Å²) in [6, 6.07) is 5.04. The monoisotopic (exact) mass is 284 g/mol. The van der Waals surface area contributed by atoms with Gasteiger partial charge in [0.05, 0.1) is 24.2 Å². The molecule has 0 heterocycles. The second-order valence-electron chi connectivity index (χ2n) is 4.87. The van der Waals surface area contributed by atoms with Gasteiger partial charge in [0.25, 0.3) is 0 Å². The van der Waals surface area contributed by atoms with E-state index < -0.39 is 18.0 Å². The molecule has 2 N–H and O–H groups in total. The number of aliphatic carboxylic acids is 1. The summed E-state index contributed by atoms with van der Waals surface area (Å²) < 4.78 is 5.05. The predicted molar refractivity (Wildman–Crippen MR) is 71.4 cm³/mol. The van der Waals surface area contributed by atoms with Gasteiger partial charge in [0.2, 0.25) is 0 Å². The number of rotatable bonds is 4. The summed E-state index contributed by atoms with van der Waals surface area (Å²) in [5, 5.41) is 20.0. The summed E-state index contributed by atoms with van der Waals surface area (Å²) >= 11 is 6.12. The molecule has 1 aromatic carbocycles. The predicted octanol–water partition coefficient (Wildman–Crippen LogP) is 2.88. The second kappa shape index (κ2) is 5.80. The quantitative estimate of drug-likeness (QED) is 0.892. The number of carboxylic acids is 1. The van der Waals surface area contributed by atoms with Crippen LogP contribution in [0.2, 0.25) is 5.02 Å². The molecule has 1 aliphatic carbocycles. The maximum Gasteiger partial charge on any atom is 0.306 e. The van der Waals surface area contributed by atoms with Crippen LogP contribution < -0.4 is 4.74 Å². The van der Waals surface area contributed by atoms with E-state index in [-0.39, 0.29) is 5.92 Å². The highest BCUT2D eigenvalue weighted by molar-refractivity contribution is 6.31. The number of aliphatic hydroxyl groups is 1.